The third-order valence-corrected chi connectivity index (χ3v) is 4.55. The van der Waals surface area contributed by atoms with E-state index in [9.17, 15) is 0 Å². The van der Waals surface area contributed by atoms with Gasteiger partial charge in [-0.25, -0.2) is 0 Å². The number of aryl methyl sites for hydroxylation is 1. The number of hydrogen-bond donors (Lipinski definition) is 1. The maximum Gasteiger partial charge on any atom is 0.0772 e. The number of nitrogens with zero attached hydrogens (tertiary/aromatic N) is 2. The van der Waals surface area contributed by atoms with Crippen LogP contribution in [-0.4, -0.2) is 16.6 Å². The lowest BCUT2D eigenvalue weighted by molar-refractivity contribution is 0.585. The minimum atomic E-state index is 0.207. The van der Waals surface area contributed by atoms with Crippen LogP contribution < -0.4 is 5.32 Å². The van der Waals surface area contributed by atoms with Gasteiger partial charge in [0.15, 0.2) is 0 Å². The zero-order chi connectivity index (χ0) is 14.8. The van der Waals surface area contributed by atoms with Crippen molar-refractivity contribution in [1.29, 1.82) is 0 Å². The fourth-order valence-electron chi connectivity index (χ4n) is 2.26. The summed E-state index contributed by atoms with van der Waals surface area (Å²) in [5.74, 6) is 0. The molecule has 2 rings (SSSR count). The molecule has 4 heteroatoms. The summed E-state index contributed by atoms with van der Waals surface area (Å²) >= 11 is 1.49. The summed E-state index contributed by atoms with van der Waals surface area (Å²) in [6.45, 7) is 8.74. The van der Waals surface area contributed by atoms with Gasteiger partial charge >= 0.3 is 0 Å². The lowest BCUT2D eigenvalue weighted by Gasteiger charge is -2.20. The average Bonchev–Trinajstić information content (AvgIpc) is 2.82. The fraction of sp³-hybridized carbons (Fsp3) is 0.500. The van der Waals surface area contributed by atoms with Crippen LogP contribution in [0.1, 0.15) is 48.5 Å². The van der Waals surface area contributed by atoms with Crippen molar-refractivity contribution in [1.82, 2.24) is 14.9 Å². The predicted molar refractivity (Wildman–Crippen MR) is 85.3 cm³/mol. The summed E-state index contributed by atoms with van der Waals surface area (Å²) in [5, 5.41) is 7.47. The van der Waals surface area contributed by atoms with E-state index < -0.39 is 0 Å². The normalized spacial score (nSPS) is 13.4. The number of hydrogen-bond acceptors (Lipinski definition) is 4. The van der Waals surface area contributed by atoms with Crippen LogP contribution in [0.4, 0.5) is 0 Å². The van der Waals surface area contributed by atoms with Crippen LogP contribution in [0, 0.1) is 6.92 Å². The van der Waals surface area contributed by atoms with Crippen LogP contribution in [0.3, 0.4) is 0 Å². The molecule has 20 heavy (non-hydrogen) atoms. The topological polar surface area (TPSA) is 37.8 Å². The van der Waals surface area contributed by atoms with Gasteiger partial charge in [-0.05, 0) is 48.5 Å². The summed E-state index contributed by atoms with van der Waals surface area (Å²) < 4.78 is 4.03. The van der Waals surface area contributed by atoms with Crippen molar-refractivity contribution in [3.63, 3.8) is 0 Å². The van der Waals surface area contributed by atoms with Gasteiger partial charge in [0.2, 0.25) is 0 Å². The van der Waals surface area contributed by atoms with Crippen molar-refractivity contribution in [3.05, 3.63) is 46.0 Å². The highest BCUT2D eigenvalue weighted by molar-refractivity contribution is 7.05. The van der Waals surface area contributed by atoms with Crippen molar-refractivity contribution in [2.45, 2.75) is 45.6 Å². The molecule has 1 unspecified atom stereocenters. The Kier molecular flexibility index (Phi) is 4.55. The molecule has 0 bridgehead atoms. The quantitative estimate of drug-likeness (QED) is 0.933. The zero-order valence-electron chi connectivity index (χ0n) is 12.9. The largest absolute Gasteiger partial charge is 0.312 e. The van der Waals surface area contributed by atoms with Gasteiger partial charge in [0, 0.05) is 6.04 Å². The first kappa shape index (κ1) is 15.1. The molecule has 3 nitrogen and oxygen atoms in total. The number of rotatable bonds is 4. The van der Waals surface area contributed by atoms with Crippen molar-refractivity contribution < 1.29 is 0 Å². The Balaban J connectivity index is 2.15. The van der Waals surface area contributed by atoms with Crippen LogP contribution in [0.2, 0.25) is 0 Å². The first-order chi connectivity index (χ1) is 9.41. The van der Waals surface area contributed by atoms with Crippen LogP contribution in [0.25, 0.3) is 0 Å². The maximum absolute atomic E-state index is 4.10. The number of benzene rings is 1. The second-order valence-corrected chi connectivity index (χ2v) is 7.00. The summed E-state index contributed by atoms with van der Waals surface area (Å²) in [5.41, 5.74) is 3.95. The molecule has 108 valence electrons. The second-order valence-electron chi connectivity index (χ2n) is 6.21. The Hall–Kier alpha value is -1.26. The van der Waals surface area contributed by atoms with Crippen molar-refractivity contribution in [2.75, 3.05) is 7.05 Å². The number of likely N-dealkylation sites (N-methyl/N-ethyl adjacent to an activating group) is 1. The molecule has 1 aromatic heterocycles. The molecule has 0 amide bonds. The van der Waals surface area contributed by atoms with E-state index >= 15 is 0 Å². The van der Waals surface area contributed by atoms with Crippen molar-refractivity contribution in [2.24, 2.45) is 0 Å². The lowest BCUT2D eigenvalue weighted by Crippen LogP contribution is -2.19. The van der Waals surface area contributed by atoms with Crippen LogP contribution in [-0.2, 0) is 11.8 Å². The summed E-state index contributed by atoms with van der Waals surface area (Å²) in [7, 11) is 1.99. The molecular formula is C16H23N3S. The molecule has 1 heterocycles. The second kappa shape index (κ2) is 6.02. The van der Waals surface area contributed by atoms with E-state index in [2.05, 4.69) is 59.9 Å². The Morgan fingerprint density at radius 3 is 2.30 bits per heavy atom. The highest BCUT2D eigenvalue weighted by Crippen LogP contribution is 2.26. The number of nitrogens with one attached hydrogen (secondary N) is 1. The van der Waals surface area contributed by atoms with Gasteiger partial charge in [0.25, 0.3) is 0 Å². The molecule has 0 aliphatic rings. The van der Waals surface area contributed by atoms with E-state index in [1.807, 2.05) is 14.0 Å². The van der Waals surface area contributed by atoms with Gasteiger partial charge in [-0.15, -0.1) is 5.10 Å². The molecule has 0 saturated heterocycles. The van der Waals surface area contributed by atoms with Gasteiger partial charge in [0.1, 0.15) is 0 Å². The lowest BCUT2D eigenvalue weighted by atomic mass is 9.86. The minimum Gasteiger partial charge on any atom is -0.312 e. The first-order valence-electron chi connectivity index (χ1n) is 6.97. The summed E-state index contributed by atoms with van der Waals surface area (Å²) in [4.78, 5) is 1.23. The van der Waals surface area contributed by atoms with Crippen molar-refractivity contribution >= 4 is 11.5 Å². The Bertz CT molecular complexity index is 552. The highest BCUT2D eigenvalue weighted by atomic mass is 32.1. The number of aromatic nitrogens is 2. The molecule has 0 saturated carbocycles. The van der Waals surface area contributed by atoms with E-state index in [0.717, 1.165) is 12.1 Å². The molecule has 0 fully saturated rings. The van der Waals surface area contributed by atoms with Gasteiger partial charge in [-0.1, -0.05) is 49.5 Å². The molecular weight excluding hydrogens is 266 g/mol. The van der Waals surface area contributed by atoms with Gasteiger partial charge in [-0.2, -0.15) is 0 Å². The van der Waals surface area contributed by atoms with E-state index in [1.54, 1.807) is 0 Å². The molecule has 2 aromatic rings. The van der Waals surface area contributed by atoms with E-state index in [4.69, 9.17) is 0 Å². The van der Waals surface area contributed by atoms with E-state index in [-0.39, 0.29) is 11.5 Å². The molecule has 1 aromatic carbocycles. The van der Waals surface area contributed by atoms with E-state index in [1.165, 1.54) is 27.5 Å². The minimum absolute atomic E-state index is 0.207. The molecule has 0 radical (unpaired) electrons. The molecule has 0 aliphatic heterocycles. The third-order valence-electron chi connectivity index (χ3n) is 3.61. The van der Waals surface area contributed by atoms with Gasteiger partial charge in [-0.3, -0.25) is 0 Å². The summed E-state index contributed by atoms with van der Waals surface area (Å²) in [6, 6.07) is 9.22. The van der Waals surface area contributed by atoms with Crippen molar-refractivity contribution in [3.8, 4) is 0 Å². The molecule has 1 N–H and O–H groups in total. The molecule has 1 atom stereocenters. The zero-order valence-corrected chi connectivity index (χ0v) is 13.7. The Morgan fingerprint density at radius 1 is 1.20 bits per heavy atom. The first-order valence-corrected chi connectivity index (χ1v) is 7.74. The Labute approximate surface area is 125 Å². The van der Waals surface area contributed by atoms with E-state index in [0.29, 0.717) is 0 Å². The van der Waals surface area contributed by atoms with Crippen LogP contribution >= 0.6 is 11.5 Å². The standard InChI is InChI=1S/C16H23N3S/c1-11-15(20-19-18-11)14(17-5)10-12-6-8-13(9-7-12)16(2,3)4/h6-9,14,17H,10H2,1-5H3. The average molecular weight is 289 g/mol. The SMILES string of the molecule is CNC(Cc1ccc(C(C)(C)C)cc1)c1snnc1C. The molecule has 0 spiro atoms. The molecule has 0 aliphatic carbocycles. The predicted octanol–water partition coefficient (Wildman–Crippen LogP) is 3.65. The van der Waals surface area contributed by atoms with Crippen LogP contribution in [0.15, 0.2) is 24.3 Å². The third kappa shape index (κ3) is 3.44. The Morgan fingerprint density at radius 2 is 1.85 bits per heavy atom. The highest BCUT2D eigenvalue weighted by Gasteiger charge is 2.17. The smallest absolute Gasteiger partial charge is 0.0772 e. The summed E-state index contributed by atoms with van der Waals surface area (Å²) in [6.07, 6.45) is 0.964. The fourth-order valence-corrected chi connectivity index (χ4v) is 3.01. The maximum atomic E-state index is 4.10. The van der Waals surface area contributed by atoms with Crippen LogP contribution in [0.5, 0.6) is 0 Å². The van der Waals surface area contributed by atoms with Gasteiger partial charge in [0.05, 0.1) is 10.6 Å². The monoisotopic (exact) mass is 289 g/mol. The van der Waals surface area contributed by atoms with Gasteiger partial charge < -0.3 is 5.32 Å².